The number of nitrogens with zero attached hydrogens (tertiary/aromatic N) is 1. The highest BCUT2D eigenvalue weighted by molar-refractivity contribution is 5.94. The molecule has 0 aromatic heterocycles. The van der Waals surface area contributed by atoms with E-state index >= 15 is 0 Å². The minimum atomic E-state index is -0.413. The zero-order chi connectivity index (χ0) is 20.4. The van der Waals surface area contributed by atoms with Crippen LogP contribution in [0, 0.1) is 5.92 Å². The molecule has 1 aromatic rings. The number of methoxy groups -OCH3 is 2. The summed E-state index contributed by atoms with van der Waals surface area (Å²) in [7, 11) is 2.97. The molecule has 0 spiro atoms. The molecule has 8 nitrogen and oxygen atoms in total. The minimum Gasteiger partial charge on any atom is -0.465 e. The number of esters is 1. The second kappa shape index (κ2) is 11.4. The Morgan fingerprint density at radius 2 is 1.79 bits per heavy atom. The molecule has 0 aliphatic carbocycles. The maximum absolute atomic E-state index is 12.2. The molecule has 1 heterocycles. The van der Waals surface area contributed by atoms with Crippen LogP contribution >= 0.6 is 0 Å². The van der Waals surface area contributed by atoms with E-state index in [1.54, 1.807) is 31.4 Å². The van der Waals surface area contributed by atoms with Gasteiger partial charge >= 0.3 is 5.97 Å². The van der Waals surface area contributed by atoms with Crippen LogP contribution in [-0.4, -0.2) is 69.7 Å². The van der Waals surface area contributed by atoms with Crippen molar-refractivity contribution in [1.29, 1.82) is 0 Å². The fourth-order valence-electron chi connectivity index (χ4n) is 3.14. The Balaban J connectivity index is 1.70. The molecular weight excluding hydrogens is 362 g/mol. The molecule has 2 N–H and O–H groups in total. The number of amides is 2. The Kier molecular flexibility index (Phi) is 8.90. The smallest absolute Gasteiger partial charge is 0.337 e. The number of nitrogens with one attached hydrogen (secondary N) is 2. The lowest BCUT2D eigenvalue weighted by Crippen LogP contribution is -2.43. The van der Waals surface area contributed by atoms with Gasteiger partial charge in [0.05, 0.1) is 19.2 Å². The highest BCUT2D eigenvalue weighted by atomic mass is 16.5. The summed E-state index contributed by atoms with van der Waals surface area (Å²) in [5.41, 5.74) is 1.06. The quantitative estimate of drug-likeness (QED) is 0.486. The molecule has 154 valence electrons. The summed E-state index contributed by atoms with van der Waals surface area (Å²) in [6, 6.07) is 6.56. The number of carbonyl (C=O) groups is 3. The molecule has 0 saturated carbocycles. The SMILES string of the molecule is COCCCNC(=O)C1CCN(CC(=O)Nc2ccc(C(=O)OC)cc2)CC1. The summed E-state index contributed by atoms with van der Waals surface area (Å²) >= 11 is 0. The van der Waals surface area contributed by atoms with Crippen LogP contribution in [0.4, 0.5) is 5.69 Å². The number of piperidine rings is 1. The summed E-state index contributed by atoms with van der Waals surface area (Å²) in [6.07, 6.45) is 2.30. The average molecular weight is 391 g/mol. The van der Waals surface area contributed by atoms with Gasteiger partial charge in [-0.15, -0.1) is 0 Å². The number of likely N-dealkylation sites (tertiary alicyclic amines) is 1. The zero-order valence-corrected chi connectivity index (χ0v) is 16.5. The predicted octanol–water partition coefficient (Wildman–Crippen LogP) is 1.28. The van der Waals surface area contributed by atoms with E-state index in [9.17, 15) is 14.4 Å². The van der Waals surface area contributed by atoms with Gasteiger partial charge in [-0.25, -0.2) is 4.79 Å². The number of ether oxygens (including phenoxy) is 2. The number of benzene rings is 1. The van der Waals surface area contributed by atoms with Crippen molar-refractivity contribution in [2.45, 2.75) is 19.3 Å². The molecule has 1 aliphatic heterocycles. The van der Waals surface area contributed by atoms with E-state index in [1.807, 2.05) is 4.90 Å². The zero-order valence-electron chi connectivity index (χ0n) is 16.5. The summed E-state index contributed by atoms with van der Waals surface area (Å²) < 4.78 is 9.62. The molecule has 2 rings (SSSR count). The first-order chi connectivity index (χ1) is 13.5. The van der Waals surface area contributed by atoms with Gasteiger partial charge in [-0.1, -0.05) is 0 Å². The Hall–Kier alpha value is -2.45. The van der Waals surface area contributed by atoms with Crippen LogP contribution in [-0.2, 0) is 19.1 Å². The summed E-state index contributed by atoms with van der Waals surface area (Å²) in [4.78, 5) is 37.9. The lowest BCUT2D eigenvalue weighted by atomic mass is 9.96. The van der Waals surface area contributed by atoms with Crippen LogP contribution in [0.5, 0.6) is 0 Å². The molecule has 0 unspecified atom stereocenters. The van der Waals surface area contributed by atoms with Crippen LogP contribution in [0.1, 0.15) is 29.6 Å². The van der Waals surface area contributed by atoms with Gasteiger partial charge in [0.25, 0.3) is 0 Å². The van der Waals surface area contributed by atoms with Crippen LogP contribution < -0.4 is 10.6 Å². The van der Waals surface area contributed by atoms with Crippen LogP contribution in [0.15, 0.2) is 24.3 Å². The van der Waals surface area contributed by atoms with Crippen molar-refractivity contribution in [2.24, 2.45) is 5.92 Å². The van der Waals surface area contributed by atoms with Crippen molar-refractivity contribution in [2.75, 3.05) is 52.3 Å². The lowest BCUT2D eigenvalue weighted by molar-refractivity contribution is -0.126. The fourth-order valence-corrected chi connectivity index (χ4v) is 3.14. The second-order valence-corrected chi connectivity index (χ2v) is 6.80. The van der Waals surface area contributed by atoms with Gasteiger partial charge < -0.3 is 20.1 Å². The van der Waals surface area contributed by atoms with Crippen molar-refractivity contribution in [3.8, 4) is 0 Å². The van der Waals surface area contributed by atoms with Gasteiger partial charge in [-0.2, -0.15) is 0 Å². The minimum absolute atomic E-state index is 0.00715. The molecule has 1 aliphatic rings. The molecule has 1 saturated heterocycles. The fraction of sp³-hybridized carbons (Fsp3) is 0.550. The van der Waals surface area contributed by atoms with Crippen LogP contribution in [0.3, 0.4) is 0 Å². The van der Waals surface area contributed by atoms with E-state index in [-0.39, 0.29) is 24.3 Å². The number of rotatable bonds is 9. The van der Waals surface area contributed by atoms with Crippen molar-refractivity contribution in [1.82, 2.24) is 10.2 Å². The third kappa shape index (κ3) is 6.94. The van der Waals surface area contributed by atoms with Gasteiger partial charge in [0.2, 0.25) is 11.8 Å². The Morgan fingerprint density at radius 3 is 2.39 bits per heavy atom. The number of anilines is 1. The highest BCUT2D eigenvalue weighted by Crippen LogP contribution is 2.17. The second-order valence-electron chi connectivity index (χ2n) is 6.80. The molecule has 28 heavy (non-hydrogen) atoms. The number of hydrogen-bond donors (Lipinski definition) is 2. The molecule has 0 radical (unpaired) electrons. The largest absolute Gasteiger partial charge is 0.465 e. The molecule has 0 bridgehead atoms. The van der Waals surface area contributed by atoms with Crippen molar-refractivity contribution < 1.29 is 23.9 Å². The standard InChI is InChI=1S/C20H29N3O5/c1-27-13-3-10-21-19(25)15-8-11-23(12-9-15)14-18(24)22-17-6-4-16(5-7-17)20(26)28-2/h4-7,15H,3,8-14H2,1-2H3,(H,21,25)(H,22,24). The summed E-state index contributed by atoms with van der Waals surface area (Å²) in [5, 5.41) is 5.77. The van der Waals surface area contributed by atoms with Crippen molar-refractivity contribution in [3.63, 3.8) is 0 Å². The summed E-state index contributed by atoms with van der Waals surface area (Å²) in [6.45, 7) is 2.97. The van der Waals surface area contributed by atoms with Gasteiger partial charge in [0.1, 0.15) is 0 Å². The van der Waals surface area contributed by atoms with E-state index in [2.05, 4.69) is 15.4 Å². The Morgan fingerprint density at radius 1 is 1.11 bits per heavy atom. The van der Waals surface area contributed by atoms with Gasteiger partial charge in [-0.05, 0) is 56.6 Å². The normalized spacial score (nSPS) is 15.1. The van der Waals surface area contributed by atoms with Crippen molar-refractivity contribution in [3.05, 3.63) is 29.8 Å². The molecule has 1 fully saturated rings. The molecular formula is C20H29N3O5. The monoisotopic (exact) mass is 391 g/mol. The first-order valence-electron chi connectivity index (χ1n) is 9.50. The highest BCUT2D eigenvalue weighted by Gasteiger charge is 2.25. The predicted molar refractivity (Wildman–Crippen MR) is 105 cm³/mol. The van der Waals surface area contributed by atoms with E-state index in [0.29, 0.717) is 37.5 Å². The maximum Gasteiger partial charge on any atom is 0.337 e. The van der Waals surface area contributed by atoms with Crippen molar-refractivity contribution >= 4 is 23.5 Å². The Labute approximate surface area is 165 Å². The van der Waals surface area contributed by atoms with E-state index in [1.165, 1.54) is 7.11 Å². The van der Waals surface area contributed by atoms with Crippen LogP contribution in [0.25, 0.3) is 0 Å². The number of carbonyl (C=O) groups excluding carboxylic acids is 3. The topological polar surface area (TPSA) is 97.0 Å². The molecule has 0 atom stereocenters. The van der Waals surface area contributed by atoms with Gasteiger partial charge in [0.15, 0.2) is 0 Å². The summed E-state index contributed by atoms with van der Waals surface area (Å²) in [5.74, 6) is -0.435. The maximum atomic E-state index is 12.2. The Bertz CT molecular complexity index is 654. The van der Waals surface area contributed by atoms with Crippen LogP contribution in [0.2, 0.25) is 0 Å². The first-order valence-corrected chi connectivity index (χ1v) is 9.50. The molecule has 8 heteroatoms. The van der Waals surface area contributed by atoms with E-state index in [4.69, 9.17) is 4.74 Å². The third-order valence-corrected chi connectivity index (χ3v) is 4.74. The van der Waals surface area contributed by atoms with Gasteiger partial charge in [-0.3, -0.25) is 14.5 Å². The first kappa shape index (κ1) is 21.8. The average Bonchev–Trinajstić information content (AvgIpc) is 2.71. The lowest BCUT2D eigenvalue weighted by Gasteiger charge is -2.30. The van der Waals surface area contributed by atoms with Gasteiger partial charge in [0, 0.05) is 31.9 Å². The third-order valence-electron chi connectivity index (χ3n) is 4.74. The van der Waals surface area contributed by atoms with E-state index in [0.717, 1.165) is 19.3 Å². The molecule has 1 aromatic carbocycles. The van der Waals surface area contributed by atoms with E-state index < -0.39 is 5.97 Å². The number of hydrogen-bond acceptors (Lipinski definition) is 6. The molecule has 2 amide bonds.